The number of para-hydroxylation sites is 1. The predicted octanol–water partition coefficient (Wildman–Crippen LogP) is 3.14. The van der Waals surface area contributed by atoms with E-state index in [1.54, 1.807) is 31.2 Å². The van der Waals surface area contributed by atoms with E-state index in [2.05, 4.69) is 5.32 Å². The normalized spacial score (nSPS) is 14.0. The quantitative estimate of drug-likeness (QED) is 0.658. The highest BCUT2D eigenvalue weighted by atomic mass is 16.5. The molecule has 2 aromatic rings. The molecule has 1 unspecified atom stereocenters. The van der Waals surface area contributed by atoms with Crippen molar-refractivity contribution in [3.63, 3.8) is 0 Å². The van der Waals surface area contributed by atoms with E-state index in [1.165, 1.54) is 4.90 Å². The van der Waals surface area contributed by atoms with Gasteiger partial charge in [-0.05, 0) is 49.6 Å². The van der Waals surface area contributed by atoms with Crippen molar-refractivity contribution in [3.05, 3.63) is 53.6 Å². The van der Waals surface area contributed by atoms with Gasteiger partial charge in [0.1, 0.15) is 17.5 Å². The van der Waals surface area contributed by atoms with Crippen LogP contribution in [-0.2, 0) is 9.59 Å². The topological polar surface area (TPSA) is 84.9 Å². The lowest BCUT2D eigenvalue weighted by Crippen LogP contribution is -2.52. The molecule has 2 amide bonds. The van der Waals surface area contributed by atoms with Gasteiger partial charge in [0.25, 0.3) is 5.91 Å². The highest BCUT2D eigenvalue weighted by Gasteiger charge is 2.33. The van der Waals surface area contributed by atoms with Gasteiger partial charge in [0.05, 0.1) is 5.69 Å². The second kappa shape index (κ2) is 9.64. The van der Waals surface area contributed by atoms with Gasteiger partial charge in [0, 0.05) is 12.1 Å². The van der Waals surface area contributed by atoms with Gasteiger partial charge in [0.15, 0.2) is 19.0 Å². The van der Waals surface area contributed by atoms with Crippen LogP contribution < -0.4 is 19.7 Å². The fourth-order valence-corrected chi connectivity index (χ4v) is 3.28. The number of ketones is 1. The molecular formula is C24H28N2O5. The van der Waals surface area contributed by atoms with Gasteiger partial charge < -0.3 is 14.8 Å². The number of amides is 2. The smallest absolute Gasteiger partial charge is 0.265 e. The van der Waals surface area contributed by atoms with Crippen molar-refractivity contribution in [1.29, 1.82) is 0 Å². The summed E-state index contributed by atoms with van der Waals surface area (Å²) in [6.07, 6.45) is 0. The Morgan fingerprint density at radius 1 is 1.16 bits per heavy atom. The Balaban J connectivity index is 1.79. The number of carbonyl (C=O) groups excluding carboxylic acids is 3. The molecule has 7 heteroatoms. The number of Topliss-reactive ketones (excluding diaryl/α,β-unsaturated/α-hetero) is 1. The van der Waals surface area contributed by atoms with E-state index < -0.39 is 6.04 Å². The first-order valence-corrected chi connectivity index (χ1v) is 10.4. The first kappa shape index (κ1) is 22.3. The van der Waals surface area contributed by atoms with Crippen molar-refractivity contribution in [1.82, 2.24) is 5.32 Å². The molecule has 0 saturated heterocycles. The molecule has 0 aromatic heterocycles. The maximum atomic E-state index is 12.7. The van der Waals surface area contributed by atoms with Crippen molar-refractivity contribution in [2.45, 2.75) is 33.7 Å². The van der Waals surface area contributed by atoms with Crippen LogP contribution in [0, 0.1) is 12.8 Å². The molecule has 7 nitrogen and oxygen atoms in total. The van der Waals surface area contributed by atoms with Crippen LogP contribution in [0.4, 0.5) is 5.69 Å². The maximum Gasteiger partial charge on any atom is 0.265 e. The predicted molar refractivity (Wildman–Crippen MR) is 118 cm³/mol. The minimum Gasteiger partial charge on any atom is -0.485 e. The van der Waals surface area contributed by atoms with E-state index in [9.17, 15) is 14.4 Å². The van der Waals surface area contributed by atoms with E-state index in [0.29, 0.717) is 35.2 Å². The number of hydrogen-bond donors (Lipinski definition) is 1. The molecule has 0 fully saturated rings. The molecule has 1 N–H and O–H groups in total. The zero-order chi connectivity index (χ0) is 22.5. The highest BCUT2D eigenvalue weighted by Crippen LogP contribution is 2.34. The van der Waals surface area contributed by atoms with Crippen molar-refractivity contribution in [2.24, 2.45) is 5.92 Å². The molecule has 2 aromatic carbocycles. The molecule has 31 heavy (non-hydrogen) atoms. The van der Waals surface area contributed by atoms with E-state index in [-0.39, 0.29) is 30.8 Å². The summed E-state index contributed by atoms with van der Waals surface area (Å²) >= 11 is 0. The van der Waals surface area contributed by atoms with E-state index in [1.807, 2.05) is 39.0 Å². The fourth-order valence-electron chi connectivity index (χ4n) is 3.28. The molecule has 0 saturated carbocycles. The first-order valence-electron chi connectivity index (χ1n) is 10.4. The number of benzene rings is 2. The van der Waals surface area contributed by atoms with Crippen LogP contribution >= 0.6 is 0 Å². The molecule has 1 atom stereocenters. The molecule has 1 heterocycles. The van der Waals surface area contributed by atoms with Crippen molar-refractivity contribution in [3.8, 4) is 11.5 Å². The third-order valence-electron chi connectivity index (χ3n) is 5.06. The third kappa shape index (κ3) is 5.23. The Labute approximate surface area is 182 Å². The molecule has 0 radical (unpaired) electrons. The average molecular weight is 424 g/mol. The van der Waals surface area contributed by atoms with Crippen LogP contribution in [0.15, 0.2) is 42.5 Å². The SMILES string of the molecule is Cc1ccccc1OCC(=O)c1ccc2c(c1)N(C(C)C(=O)NCC(C)C)C(=O)CO2. The number of aryl methyl sites for hydroxylation is 1. The van der Waals surface area contributed by atoms with Crippen LogP contribution in [0.5, 0.6) is 11.5 Å². The number of carbonyl (C=O) groups is 3. The maximum absolute atomic E-state index is 12.7. The van der Waals surface area contributed by atoms with Crippen molar-refractivity contribution in [2.75, 3.05) is 24.7 Å². The number of rotatable bonds is 8. The lowest BCUT2D eigenvalue weighted by Gasteiger charge is -2.33. The van der Waals surface area contributed by atoms with Gasteiger partial charge in [-0.15, -0.1) is 0 Å². The van der Waals surface area contributed by atoms with E-state index in [0.717, 1.165) is 5.56 Å². The monoisotopic (exact) mass is 424 g/mol. The van der Waals surface area contributed by atoms with Crippen LogP contribution in [0.1, 0.15) is 36.7 Å². The zero-order valence-corrected chi connectivity index (χ0v) is 18.3. The lowest BCUT2D eigenvalue weighted by molar-refractivity contribution is -0.127. The molecule has 1 aliphatic rings. The van der Waals surface area contributed by atoms with E-state index >= 15 is 0 Å². The number of ether oxygens (including phenoxy) is 2. The summed E-state index contributed by atoms with van der Waals surface area (Å²) in [5, 5.41) is 2.85. The second-order valence-corrected chi connectivity index (χ2v) is 8.03. The minimum atomic E-state index is -0.734. The zero-order valence-electron chi connectivity index (χ0n) is 18.3. The van der Waals surface area contributed by atoms with Crippen LogP contribution in [0.25, 0.3) is 0 Å². The van der Waals surface area contributed by atoms with Gasteiger partial charge in [-0.1, -0.05) is 32.0 Å². The Morgan fingerprint density at radius 2 is 1.90 bits per heavy atom. The van der Waals surface area contributed by atoms with Crippen LogP contribution in [-0.4, -0.2) is 43.4 Å². The molecule has 3 rings (SSSR count). The summed E-state index contributed by atoms with van der Waals surface area (Å²) in [6, 6.07) is 11.6. The van der Waals surface area contributed by atoms with Crippen molar-refractivity contribution >= 4 is 23.3 Å². The van der Waals surface area contributed by atoms with Gasteiger partial charge in [-0.3, -0.25) is 19.3 Å². The van der Waals surface area contributed by atoms with Gasteiger partial charge in [-0.2, -0.15) is 0 Å². The van der Waals surface area contributed by atoms with Crippen molar-refractivity contribution < 1.29 is 23.9 Å². The number of nitrogens with zero attached hydrogens (tertiary/aromatic N) is 1. The number of nitrogens with one attached hydrogen (secondary N) is 1. The van der Waals surface area contributed by atoms with Crippen LogP contribution in [0.3, 0.4) is 0 Å². The second-order valence-electron chi connectivity index (χ2n) is 8.03. The molecular weight excluding hydrogens is 396 g/mol. The molecule has 0 bridgehead atoms. The first-order chi connectivity index (χ1) is 14.8. The largest absolute Gasteiger partial charge is 0.485 e. The Kier molecular flexibility index (Phi) is 6.95. The number of anilines is 1. The Morgan fingerprint density at radius 3 is 2.61 bits per heavy atom. The average Bonchev–Trinajstić information content (AvgIpc) is 2.75. The lowest BCUT2D eigenvalue weighted by atomic mass is 10.1. The molecule has 1 aliphatic heterocycles. The molecule has 0 spiro atoms. The van der Waals surface area contributed by atoms with Gasteiger partial charge in [-0.25, -0.2) is 0 Å². The Bertz CT molecular complexity index is 986. The number of hydrogen-bond acceptors (Lipinski definition) is 5. The Hall–Kier alpha value is -3.35. The number of fused-ring (bicyclic) bond motifs is 1. The third-order valence-corrected chi connectivity index (χ3v) is 5.06. The van der Waals surface area contributed by atoms with Gasteiger partial charge in [0.2, 0.25) is 5.91 Å². The van der Waals surface area contributed by atoms with E-state index in [4.69, 9.17) is 9.47 Å². The summed E-state index contributed by atoms with van der Waals surface area (Å²) in [5.41, 5.74) is 1.72. The minimum absolute atomic E-state index is 0.136. The standard InChI is InChI=1S/C24H28N2O5/c1-15(2)12-25-24(29)17(4)26-19-11-18(9-10-22(19)31-14-23(26)28)20(27)13-30-21-8-6-5-7-16(21)3/h5-11,15,17H,12-14H2,1-4H3,(H,25,29). The summed E-state index contributed by atoms with van der Waals surface area (Å²) in [6.45, 7) is 7.79. The fraction of sp³-hybridized carbons (Fsp3) is 0.375. The molecule has 0 aliphatic carbocycles. The van der Waals surface area contributed by atoms with Crippen LogP contribution in [0.2, 0.25) is 0 Å². The summed E-state index contributed by atoms with van der Waals surface area (Å²) in [7, 11) is 0. The summed E-state index contributed by atoms with van der Waals surface area (Å²) in [4.78, 5) is 39.3. The summed E-state index contributed by atoms with van der Waals surface area (Å²) in [5.74, 6) is 0.570. The van der Waals surface area contributed by atoms with Gasteiger partial charge >= 0.3 is 0 Å². The summed E-state index contributed by atoms with van der Waals surface area (Å²) < 4.78 is 11.2. The highest BCUT2D eigenvalue weighted by molar-refractivity contribution is 6.05. The molecule has 164 valence electrons.